The van der Waals surface area contributed by atoms with Crippen molar-refractivity contribution in [3.05, 3.63) is 0 Å². The fraction of sp³-hybridized carbons (Fsp3) is 0.941. The zero-order chi connectivity index (χ0) is 16.9. The van der Waals surface area contributed by atoms with Crippen LogP contribution in [0.1, 0.15) is 33.6 Å². The van der Waals surface area contributed by atoms with E-state index in [1.54, 1.807) is 0 Å². The van der Waals surface area contributed by atoms with Crippen LogP contribution in [0.5, 0.6) is 0 Å². The molecule has 1 unspecified atom stereocenters. The van der Waals surface area contributed by atoms with E-state index < -0.39 is 0 Å². The maximum absolute atomic E-state index is 5.37. The standard InChI is InChI=1S/C17H37N5O/c1-5-16(3)21(4)11-9-20-17(18-6-2)19-8-7-10-22-12-14-23-15-13-22/h16H,5-15H2,1-4H3,(H2,18,19,20). The van der Waals surface area contributed by atoms with E-state index in [-0.39, 0.29) is 0 Å². The largest absolute Gasteiger partial charge is 0.379 e. The fourth-order valence-electron chi connectivity index (χ4n) is 2.53. The summed E-state index contributed by atoms with van der Waals surface area (Å²) in [4.78, 5) is 9.52. The second kappa shape index (κ2) is 12.6. The van der Waals surface area contributed by atoms with E-state index in [2.05, 4.69) is 53.2 Å². The number of hydrogen-bond donors (Lipinski definition) is 2. The van der Waals surface area contributed by atoms with Crippen LogP contribution >= 0.6 is 0 Å². The Balaban J connectivity index is 2.21. The highest BCUT2D eigenvalue weighted by Crippen LogP contribution is 1.99. The van der Waals surface area contributed by atoms with E-state index in [1.165, 1.54) is 6.42 Å². The van der Waals surface area contributed by atoms with Gasteiger partial charge >= 0.3 is 0 Å². The number of aliphatic imine (C=N–C) groups is 1. The summed E-state index contributed by atoms with van der Waals surface area (Å²) in [5.74, 6) is 0.937. The van der Waals surface area contributed by atoms with Gasteiger partial charge in [-0.15, -0.1) is 0 Å². The molecular formula is C17H37N5O. The number of hydrogen-bond acceptors (Lipinski definition) is 4. The second-order valence-electron chi connectivity index (χ2n) is 6.23. The van der Waals surface area contributed by atoms with E-state index in [0.29, 0.717) is 6.04 Å². The highest BCUT2D eigenvalue weighted by molar-refractivity contribution is 5.79. The van der Waals surface area contributed by atoms with Crippen molar-refractivity contribution in [3.63, 3.8) is 0 Å². The maximum atomic E-state index is 5.37. The van der Waals surface area contributed by atoms with Gasteiger partial charge in [0, 0.05) is 51.9 Å². The van der Waals surface area contributed by atoms with Gasteiger partial charge in [0.05, 0.1) is 13.2 Å². The summed E-state index contributed by atoms with van der Waals surface area (Å²) < 4.78 is 5.37. The van der Waals surface area contributed by atoms with Crippen LogP contribution in [0.3, 0.4) is 0 Å². The van der Waals surface area contributed by atoms with E-state index in [1.807, 2.05) is 0 Å². The molecular weight excluding hydrogens is 290 g/mol. The molecule has 6 heteroatoms. The molecule has 0 aromatic rings. The highest BCUT2D eigenvalue weighted by Gasteiger charge is 2.09. The average molecular weight is 328 g/mol. The lowest BCUT2D eigenvalue weighted by molar-refractivity contribution is 0.0377. The third kappa shape index (κ3) is 9.13. The lowest BCUT2D eigenvalue weighted by Gasteiger charge is -2.26. The van der Waals surface area contributed by atoms with Crippen molar-refractivity contribution in [2.24, 2.45) is 4.99 Å². The van der Waals surface area contributed by atoms with Gasteiger partial charge in [-0.05, 0) is 33.7 Å². The van der Waals surface area contributed by atoms with Gasteiger partial charge in [-0.2, -0.15) is 0 Å². The third-order valence-corrected chi connectivity index (χ3v) is 4.45. The van der Waals surface area contributed by atoms with Gasteiger partial charge in [-0.3, -0.25) is 9.89 Å². The van der Waals surface area contributed by atoms with E-state index in [9.17, 15) is 0 Å². The lowest BCUT2D eigenvalue weighted by atomic mass is 10.2. The van der Waals surface area contributed by atoms with Crippen molar-refractivity contribution in [3.8, 4) is 0 Å². The monoisotopic (exact) mass is 327 g/mol. The van der Waals surface area contributed by atoms with E-state index >= 15 is 0 Å². The number of guanidine groups is 1. The van der Waals surface area contributed by atoms with Crippen molar-refractivity contribution in [2.45, 2.75) is 39.7 Å². The molecule has 1 aliphatic heterocycles. The molecule has 136 valence electrons. The zero-order valence-electron chi connectivity index (χ0n) is 15.6. The van der Waals surface area contributed by atoms with Crippen molar-refractivity contribution < 1.29 is 4.74 Å². The first-order chi connectivity index (χ1) is 11.2. The molecule has 1 heterocycles. The Morgan fingerprint density at radius 1 is 1.26 bits per heavy atom. The first kappa shape index (κ1) is 20.2. The molecule has 1 rings (SSSR count). The van der Waals surface area contributed by atoms with Gasteiger partial charge in [0.25, 0.3) is 0 Å². The van der Waals surface area contributed by atoms with Gasteiger partial charge in [-0.25, -0.2) is 0 Å². The van der Waals surface area contributed by atoms with E-state index in [0.717, 1.165) is 71.4 Å². The van der Waals surface area contributed by atoms with Crippen LogP contribution in [0, 0.1) is 0 Å². The Morgan fingerprint density at radius 3 is 2.65 bits per heavy atom. The van der Waals surface area contributed by atoms with Gasteiger partial charge in [0.15, 0.2) is 5.96 Å². The molecule has 1 aliphatic rings. The molecule has 0 aromatic heterocycles. The Kier molecular flexibility index (Phi) is 11.0. The predicted octanol–water partition coefficient (Wildman–Crippen LogP) is 0.994. The second-order valence-corrected chi connectivity index (χ2v) is 6.23. The normalized spacial score (nSPS) is 18.2. The first-order valence-corrected chi connectivity index (χ1v) is 9.19. The quantitative estimate of drug-likeness (QED) is 0.356. The Hall–Kier alpha value is -0.850. The lowest BCUT2D eigenvalue weighted by Crippen LogP contribution is -2.42. The Bertz CT molecular complexity index is 318. The Labute approximate surface area is 142 Å². The van der Waals surface area contributed by atoms with Crippen LogP contribution in [0.4, 0.5) is 0 Å². The fourth-order valence-corrected chi connectivity index (χ4v) is 2.53. The number of ether oxygens (including phenoxy) is 1. The van der Waals surface area contributed by atoms with Crippen molar-refractivity contribution in [1.29, 1.82) is 0 Å². The molecule has 1 saturated heterocycles. The van der Waals surface area contributed by atoms with Crippen LogP contribution in [0.15, 0.2) is 4.99 Å². The molecule has 0 aromatic carbocycles. The van der Waals surface area contributed by atoms with Gasteiger partial charge in [-0.1, -0.05) is 6.92 Å². The molecule has 0 saturated carbocycles. The molecule has 0 amide bonds. The SMILES string of the molecule is CCNC(=NCCCN1CCOCC1)NCCN(C)C(C)CC. The minimum absolute atomic E-state index is 0.629. The molecule has 0 bridgehead atoms. The van der Waals surface area contributed by atoms with Crippen LogP contribution in [0.25, 0.3) is 0 Å². The van der Waals surface area contributed by atoms with Crippen LogP contribution in [0.2, 0.25) is 0 Å². The van der Waals surface area contributed by atoms with E-state index in [4.69, 9.17) is 4.74 Å². The average Bonchev–Trinajstić information content (AvgIpc) is 2.58. The summed E-state index contributed by atoms with van der Waals surface area (Å²) >= 11 is 0. The number of likely N-dealkylation sites (N-methyl/N-ethyl adjacent to an activating group) is 1. The Morgan fingerprint density at radius 2 is 2.00 bits per heavy atom. The molecule has 0 radical (unpaired) electrons. The summed E-state index contributed by atoms with van der Waals surface area (Å²) in [5, 5.41) is 6.76. The summed E-state index contributed by atoms with van der Waals surface area (Å²) in [5.41, 5.74) is 0. The minimum atomic E-state index is 0.629. The molecule has 6 nitrogen and oxygen atoms in total. The number of morpholine rings is 1. The van der Waals surface area contributed by atoms with Crippen LogP contribution < -0.4 is 10.6 Å². The minimum Gasteiger partial charge on any atom is -0.379 e. The predicted molar refractivity (Wildman–Crippen MR) is 98.2 cm³/mol. The molecule has 1 fully saturated rings. The van der Waals surface area contributed by atoms with Crippen molar-refractivity contribution in [1.82, 2.24) is 20.4 Å². The highest BCUT2D eigenvalue weighted by atomic mass is 16.5. The molecule has 0 spiro atoms. The summed E-state index contributed by atoms with van der Waals surface area (Å²) in [6.07, 6.45) is 2.29. The maximum Gasteiger partial charge on any atom is 0.191 e. The number of nitrogens with zero attached hydrogens (tertiary/aromatic N) is 3. The van der Waals surface area contributed by atoms with Gasteiger partial charge < -0.3 is 20.3 Å². The number of rotatable bonds is 10. The zero-order valence-corrected chi connectivity index (χ0v) is 15.6. The summed E-state index contributed by atoms with van der Waals surface area (Å²) in [6, 6.07) is 0.629. The summed E-state index contributed by atoms with van der Waals surface area (Å²) in [6.45, 7) is 15.3. The van der Waals surface area contributed by atoms with Crippen LogP contribution in [-0.4, -0.2) is 87.9 Å². The molecule has 1 atom stereocenters. The topological polar surface area (TPSA) is 52.1 Å². The van der Waals surface area contributed by atoms with Gasteiger partial charge in [0.1, 0.15) is 0 Å². The van der Waals surface area contributed by atoms with Crippen molar-refractivity contribution in [2.75, 3.05) is 66.1 Å². The van der Waals surface area contributed by atoms with Gasteiger partial charge in [0.2, 0.25) is 0 Å². The molecule has 0 aliphatic carbocycles. The molecule has 2 N–H and O–H groups in total. The first-order valence-electron chi connectivity index (χ1n) is 9.19. The third-order valence-electron chi connectivity index (χ3n) is 4.45. The summed E-state index contributed by atoms with van der Waals surface area (Å²) in [7, 11) is 2.18. The molecule has 23 heavy (non-hydrogen) atoms. The van der Waals surface area contributed by atoms with Crippen molar-refractivity contribution >= 4 is 5.96 Å². The smallest absolute Gasteiger partial charge is 0.191 e. The number of nitrogens with one attached hydrogen (secondary N) is 2. The van der Waals surface area contributed by atoms with Crippen LogP contribution in [-0.2, 0) is 4.74 Å².